The second-order valence-electron chi connectivity index (χ2n) is 8.00. The number of benzene rings is 1. The normalized spacial score (nSPS) is 32.3. The van der Waals surface area contributed by atoms with E-state index >= 15 is 0 Å². The number of nitrogens with zero attached hydrogens (tertiary/aromatic N) is 3. The molecule has 0 radical (unpaired) electrons. The van der Waals surface area contributed by atoms with E-state index in [1.54, 1.807) is 6.33 Å². The van der Waals surface area contributed by atoms with Gasteiger partial charge in [-0.15, -0.1) is 0 Å². The molecule has 2 aromatic rings. The molecule has 1 aromatic heterocycles. The van der Waals surface area contributed by atoms with Crippen LogP contribution in [0.25, 0.3) is 0 Å². The highest BCUT2D eigenvalue weighted by molar-refractivity contribution is 5.74. The predicted octanol–water partition coefficient (Wildman–Crippen LogP) is 1.76. The van der Waals surface area contributed by atoms with Crippen molar-refractivity contribution in [3.8, 4) is 0 Å². The fourth-order valence-electron chi connectivity index (χ4n) is 5.15. The van der Waals surface area contributed by atoms with Gasteiger partial charge in [-0.3, -0.25) is 0 Å². The van der Waals surface area contributed by atoms with E-state index < -0.39 is 6.10 Å². The molecule has 3 N–H and O–H groups in total. The fourth-order valence-corrected chi connectivity index (χ4v) is 5.15. The summed E-state index contributed by atoms with van der Waals surface area (Å²) in [5.74, 6) is 1.17. The van der Waals surface area contributed by atoms with Crippen molar-refractivity contribution in [2.45, 2.75) is 43.2 Å². The maximum atomic E-state index is 10.3. The van der Waals surface area contributed by atoms with Crippen molar-refractivity contribution in [2.24, 2.45) is 0 Å². The second kappa shape index (κ2) is 5.74. The van der Waals surface area contributed by atoms with Crippen LogP contribution in [0.2, 0.25) is 0 Å². The summed E-state index contributed by atoms with van der Waals surface area (Å²) in [6, 6.07) is 8.65. The van der Waals surface area contributed by atoms with Crippen LogP contribution in [0.4, 0.5) is 11.5 Å². The van der Waals surface area contributed by atoms with Gasteiger partial charge in [0.1, 0.15) is 12.1 Å². The first-order valence-electron chi connectivity index (χ1n) is 9.37. The Morgan fingerprint density at radius 3 is 2.96 bits per heavy atom. The van der Waals surface area contributed by atoms with Crippen molar-refractivity contribution in [1.82, 2.24) is 15.3 Å². The van der Waals surface area contributed by atoms with E-state index in [0.717, 1.165) is 36.6 Å². The monoisotopic (exact) mass is 352 g/mol. The average Bonchev–Trinajstić information content (AvgIpc) is 3.32. The largest absolute Gasteiger partial charge is 0.395 e. The lowest BCUT2D eigenvalue weighted by atomic mass is 9.80. The predicted molar refractivity (Wildman–Crippen MR) is 98.6 cm³/mol. The van der Waals surface area contributed by atoms with Crippen LogP contribution in [0.1, 0.15) is 48.6 Å². The van der Waals surface area contributed by atoms with Crippen LogP contribution in [0.15, 0.2) is 30.6 Å². The van der Waals surface area contributed by atoms with Crippen LogP contribution in [0.3, 0.4) is 0 Å². The summed E-state index contributed by atoms with van der Waals surface area (Å²) >= 11 is 0. The van der Waals surface area contributed by atoms with E-state index in [1.165, 1.54) is 11.3 Å². The van der Waals surface area contributed by atoms with E-state index in [-0.39, 0.29) is 24.0 Å². The summed E-state index contributed by atoms with van der Waals surface area (Å²) in [6.45, 7) is 3.99. The Morgan fingerprint density at radius 2 is 2.15 bits per heavy atom. The maximum Gasteiger partial charge on any atom is 0.140 e. The molecular weight excluding hydrogens is 328 g/mol. The zero-order valence-corrected chi connectivity index (χ0v) is 14.9. The van der Waals surface area contributed by atoms with E-state index in [2.05, 4.69) is 51.4 Å². The van der Waals surface area contributed by atoms with Gasteiger partial charge in [0.25, 0.3) is 0 Å². The van der Waals surface area contributed by atoms with Gasteiger partial charge in [-0.05, 0) is 30.4 Å². The number of aliphatic hydroxyl groups is 2. The molecule has 0 amide bonds. The third-order valence-corrected chi connectivity index (χ3v) is 6.35. The van der Waals surface area contributed by atoms with Gasteiger partial charge in [-0.1, -0.05) is 25.1 Å². The Kier molecular flexibility index (Phi) is 3.57. The number of rotatable bonds is 2. The van der Waals surface area contributed by atoms with Crippen molar-refractivity contribution >= 4 is 11.5 Å². The molecule has 1 spiro atoms. The molecule has 4 atom stereocenters. The smallest absolute Gasteiger partial charge is 0.140 e. The van der Waals surface area contributed by atoms with Gasteiger partial charge in [-0.25, -0.2) is 9.97 Å². The van der Waals surface area contributed by atoms with Crippen LogP contribution in [-0.4, -0.2) is 45.9 Å². The van der Waals surface area contributed by atoms with Gasteiger partial charge in [0.2, 0.25) is 0 Å². The van der Waals surface area contributed by atoms with E-state index in [0.29, 0.717) is 6.42 Å². The van der Waals surface area contributed by atoms with E-state index in [4.69, 9.17) is 0 Å². The lowest BCUT2D eigenvalue weighted by molar-refractivity contribution is 0.170. The van der Waals surface area contributed by atoms with Crippen molar-refractivity contribution in [1.29, 1.82) is 0 Å². The van der Waals surface area contributed by atoms with E-state index in [1.807, 2.05) is 0 Å². The zero-order chi connectivity index (χ0) is 17.9. The summed E-state index contributed by atoms with van der Waals surface area (Å²) in [5, 5.41) is 23.4. The first-order chi connectivity index (χ1) is 12.6. The molecule has 6 nitrogen and oxygen atoms in total. The molecule has 26 heavy (non-hydrogen) atoms. The molecule has 136 valence electrons. The molecule has 2 aliphatic heterocycles. The Hall–Kier alpha value is -2.02. The Balaban J connectivity index is 1.63. The highest BCUT2D eigenvalue weighted by atomic mass is 16.3. The second-order valence-corrected chi connectivity index (χ2v) is 8.00. The molecule has 0 bridgehead atoms. The number of aromatic nitrogens is 2. The van der Waals surface area contributed by atoms with Crippen molar-refractivity contribution in [3.63, 3.8) is 0 Å². The van der Waals surface area contributed by atoms with Crippen molar-refractivity contribution < 1.29 is 10.2 Å². The maximum absolute atomic E-state index is 10.3. The van der Waals surface area contributed by atoms with Crippen molar-refractivity contribution in [3.05, 3.63) is 47.4 Å². The van der Waals surface area contributed by atoms with Gasteiger partial charge >= 0.3 is 0 Å². The minimum Gasteiger partial charge on any atom is -0.395 e. The highest BCUT2D eigenvalue weighted by Crippen LogP contribution is 2.51. The molecule has 3 aliphatic rings. The molecule has 1 aliphatic carbocycles. The lowest BCUT2D eigenvalue weighted by Gasteiger charge is -2.26. The van der Waals surface area contributed by atoms with Crippen LogP contribution < -0.4 is 10.2 Å². The van der Waals surface area contributed by atoms with Crippen LogP contribution in [-0.2, 0) is 5.41 Å². The number of aliphatic hydroxyl groups excluding tert-OH is 2. The van der Waals surface area contributed by atoms with Crippen LogP contribution in [0.5, 0.6) is 0 Å². The number of hydrogen-bond donors (Lipinski definition) is 3. The number of anilines is 2. The minimum atomic E-state index is -0.500. The molecule has 3 heterocycles. The summed E-state index contributed by atoms with van der Waals surface area (Å²) in [5.41, 5.74) is 4.35. The number of nitrogens with one attached hydrogen (secondary N) is 1. The van der Waals surface area contributed by atoms with Gasteiger partial charge in [0.05, 0.1) is 18.4 Å². The lowest BCUT2D eigenvalue weighted by Crippen LogP contribution is -2.34. The molecule has 6 heteroatoms. The summed E-state index contributed by atoms with van der Waals surface area (Å²) in [4.78, 5) is 11.3. The Bertz CT molecular complexity index is 857. The topological polar surface area (TPSA) is 81.5 Å². The molecule has 1 saturated heterocycles. The molecular formula is C20H24N4O2. The van der Waals surface area contributed by atoms with Gasteiger partial charge in [-0.2, -0.15) is 0 Å². The molecule has 1 aromatic carbocycles. The number of hydrogen-bond acceptors (Lipinski definition) is 6. The van der Waals surface area contributed by atoms with Crippen LogP contribution >= 0.6 is 0 Å². The molecule has 1 unspecified atom stereocenters. The Morgan fingerprint density at radius 1 is 1.31 bits per heavy atom. The van der Waals surface area contributed by atoms with Crippen molar-refractivity contribution in [2.75, 3.05) is 24.6 Å². The summed E-state index contributed by atoms with van der Waals surface area (Å²) < 4.78 is 0. The highest BCUT2D eigenvalue weighted by Gasteiger charge is 2.49. The molecule has 5 rings (SSSR count). The standard InChI is InChI=1S/C20H24N4O2/c1-12-6-16(26)18-17(12)19(23-11-22-18)24-10-20(7-13(8-25)21-9-20)14-4-2-3-5-15(14)24/h2-5,11-13,16,21,25-26H,6-10H2,1H3/t12-,13+,16-,20?/m1/s1. The summed E-state index contributed by atoms with van der Waals surface area (Å²) in [7, 11) is 0. The average molecular weight is 352 g/mol. The van der Waals surface area contributed by atoms with Gasteiger partial charge in [0, 0.05) is 35.8 Å². The SMILES string of the molecule is C[C@@H]1C[C@@H](O)c2ncnc(N3CC4(CN[C@H](CO)C4)c4ccccc43)c21. The third kappa shape index (κ3) is 2.16. The fraction of sp³-hybridized carbons (Fsp3) is 0.500. The third-order valence-electron chi connectivity index (χ3n) is 6.35. The quantitative estimate of drug-likeness (QED) is 0.764. The zero-order valence-electron chi connectivity index (χ0n) is 14.9. The number of fused-ring (bicyclic) bond motifs is 3. The van der Waals surface area contributed by atoms with Gasteiger partial charge in [0.15, 0.2) is 0 Å². The van der Waals surface area contributed by atoms with Gasteiger partial charge < -0.3 is 20.4 Å². The first kappa shape index (κ1) is 16.2. The summed E-state index contributed by atoms with van der Waals surface area (Å²) in [6.07, 6.45) is 2.70. The minimum absolute atomic E-state index is 0.0116. The Labute approximate surface area is 152 Å². The number of para-hydroxylation sites is 1. The molecule has 0 saturated carbocycles. The first-order valence-corrected chi connectivity index (χ1v) is 9.37. The molecule has 1 fully saturated rings. The van der Waals surface area contributed by atoms with Crippen LogP contribution in [0, 0.1) is 0 Å². The van der Waals surface area contributed by atoms with E-state index in [9.17, 15) is 10.2 Å².